The molecular formula is C7H14O3. The molecule has 1 fully saturated rings. The molecule has 60 valence electrons. The molecule has 0 unspecified atom stereocenters. The van der Waals surface area contributed by atoms with Gasteiger partial charge in [-0.3, -0.25) is 0 Å². The highest BCUT2D eigenvalue weighted by Gasteiger charge is 2.23. The summed E-state index contributed by atoms with van der Waals surface area (Å²) in [6, 6.07) is 0. The Kier molecular flexibility index (Phi) is 3.12. The van der Waals surface area contributed by atoms with E-state index < -0.39 is 0 Å². The van der Waals surface area contributed by atoms with Crippen LogP contribution < -0.4 is 0 Å². The predicted molar refractivity (Wildman–Crippen MR) is 36.8 cm³/mol. The van der Waals surface area contributed by atoms with Crippen LogP contribution in [-0.4, -0.2) is 33.2 Å². The molecule has 10 heavy (non-hydrogen) atoms. The van der Waals surface area contributed by atoms with Gasteiger partial charge >= 0.3 is 0 Å². The van der Waals surface area contributed by atoms with E-state index in [9.17, 15) is 0 Å². The van der Waals surface area contributed by atoms with Gasteiger partial charge in [0.05, 0.1) is 12.7 Å². The summed E-state index contributed by atoms with van der Waals surface area (Å²) in [4.78, 5) is 0. The van der Waals surface area contributed by atoms with E-state index >= 15 is 0 Å². The zero-order valence-corrected chi connectivity index (χ0v) is 6.50. The van der Waals surface area contributed by atoms with Crippen molar-refractivity contribution < 1.29 is 14.2 Å². The van der Waals surface area contributed by atoms with Crippen LogP contribution in [0.3, 0.4) is 0 Å². The number of rotatable bonds is 5. The molecule has 1 rings (SSSR count). The third-order valence-corrected chi connectivity index (χ3v) is 1.65. The van der Waals surface area contributed by atoms with E-state index in [1.807, 2.05) is 0 Å². The van der Waals surface area contributed by atoms with Crippen LogP contribution in [0.25, 0.3) is 0 Å². The van der Waals surface area contributed by atoms with Crippen molar-refractivity contribution in [3.8, 4) is 0 Å². The second-order valence-electron chi connectivity index (χ2n) is 2.43. The fraction of sp³-hybridized carbons (Fsp3) is 1.00. The highest BCUT2D eigenvalue weighted by Crippen LogP contribution is 2.17. The zero-order valence-electron chi connectivity index (χ0n) is 6.50. The Hall–Kier alpha value is -0.120. The first-order chi connectivity index (χ1) is 4.86. The average molecular weight is 146 g/mol. The Morgan fingerprint density at radius 1 is 1.50 bits per heavy atom. The molecule has 0 amide bonds. The second kappa shape index (κ2) is 3.91. The van der Waals surface area contributed by atoms with Gasteiger partial charge in [-0.1, -0.05) is 0 Å². The molecule has 3 nitrogen and oxygen atoms in total. The van der Waals surface area contributed by atoms with E-state index in [4.69, 9.17) is 14.2 Å². The van der Waals surface area contributed by atoms with Crippen molar-refractivity contribution in [1.29, 1.82) is 0 Å². The van der Waals surface area contributed by atoms with Crippen LogP contribution in [0.1, 0.15) is 12.8 Å². The van der Waals surface area contributed by atoms with Gasteiger partial charge in [0.1, 0.15) is 0 Å². The molecule has 0 aromatic carbocycles. The first kappa shape index (κ1) is 7.98. The lowest BCUT2D eigenvalue weighted by atomic mass is 10.2. The van der Waals surface area contributed by atoms with Crippen molar-refractivity contribution in [3.63, 3.8) is 0 Å². The van der Waals surface area contributed by atoms with Crippen molar-refractivity contribution in [2.45, 2.75) is 25.2 Å². The van der Waals surface area contributed by atoms with E-state index in [2.05, 4.69) is 0 Å². The second-order valence-corrected chi connectivity index (χ2v) is 2.43. The molecule has 1 aliphatic rings. The molecule has 1 heterocycles. The van der Waals surface area contributed by atoms with Crippen molar-refractivity contribution in [2.24, 2.45) is 0 Å². The van der Waals surface area contributed by atoms with Crippen molar-refractivity contribution in [2.75, 3.05) is 20.8 Å². The number of hydrogen-bond donors (Lipinski definition) is 0. The van der Waals surface area contributed by atoms with Gasteiger partial charge in [0.25, 0.3) is 0 Å². The lowest BCUT2D eigenvalue weighted by molar-refractivity contribution is -0.107. The van der Waals surface area contributed by atoms with Gasteiger partial charge in [-0.2, -0.15) is 0 Å². The Morgan fingerprint density at radius 3 is 2.50 bits per heavy atom. The van der Waals surface area contributed by atoms with E-state index in [1.165, 1.54) is 0 Å². The lowest BCUT2D eigenvalue weighted by Crippen LogP contribution is -2.13. The van der Waals surface area contributed by atoms with Crippen LogP contribution in [0.5, 0.6) is 0 Å². The molecule has 0 bridgehead atoms. The maximum absolute atomic E-state index is 5.04. The number of methoxy groups -OCH3 is 2. The van der Waals surface area contributed by atoms with Crippen LogP contribution >= 0.6 is 0 Å². The van der Waals surface area contributed by atoms with Crippen molar-refractivity contribution >= 4 is 0 Å². The summed E-state index contributed by atoms with van der Waals surface area (Å²) in [5, 5.41) is 0. The third-order valence-electron chi connectivity index (χ3n) is 1.65. The van der Waals surface area contributed by atoms with E-state index in [1.54, 1.807) is 14.2 Å². The summed E-state index contributed by atoms with van der Waals surface area (Å²) < 4.78 is 15.0. The average Bonchev–Trinajstić information content (AvgIpc) is 2.74. The lowest BCUT2D eigenvalue weighted by Gasteiger charge is -2.11. The molecule has 0 spiro atoms. The smallest absolute Gasteiger partial charge is 0.156 e. The van der Waals surface area contributed by atoms with E-state index in [0.29, 0.717) is 6.10 Å². The highest BCUT2D eigenvalue weighted by molar-refractivity contribution is 4.68. The highest BCUT2D eigenvalue weighted by atomic mass is 16.7. The molecule has 1 atom stereocenters. The molecule has 0 saturated carbocycles. The standard InChI is InChI=1S/C7H14O3/c1-8-7(9-2)4-3-6-5-10-6/h6-7H,3-5H2,1-2H3/t6-/m1/s1. The molecule has 0 aromatic heterocycles. The van der Waals surface area contributed by atoms with Gasteiger partial charge in [-0.05, 0) is 6.42 Å². The summed E-state index contributed by atoms with van der Waals surface area (Å²) in [7, 11) is 3.31. The third kappa shape index (κ3) is 2.64. The van der Waals surface area contributed by atoms with Crippen LogP contribution in [-0.2, 0) is 14.2 Å². The summed E-state index contributed by atoms with van der Waals surface area (Å²) in [6.45, 7) is 0.917. The normalized spacial score (nSPS) is 23.7. The predicted octanol–water partition coefficient (Wildman–Crippen LogP) is 0.784. The number of ether oxygens (including phenoxy) is 3. The maximum Gasteiger partial charge on any atom is 0.156 e. The summed E-state index contributed by atoms with van der Waals surface area (Å²) in [5.41, 5.74) is 0. The summed E-state index contributed by atoms with van der Waals surface area (Å²) in [6.07, 6.45) is 2.40. The minimum Gasteiger partial charge on any atom is -0.373 e. The monoisotopic (exact) mass is 146 g/mol. The van der Waals surface area contributed by atoms with Crippen LogP contribution in [0.4, 0.5) is 0 Å². The van der Waals surface area contributed by atoms with E-state index in [0.717, 1.165) is 19.4 Å². The molecular weight excluding hydrogens is 132 g/mol. The quantitative estimate of drug-likeness (QED) is 0.424. The first-order valence-electron chi connectivity index (χ1n) is 3.54. The summed E-state index contributed by atoms with van der Waals surface area (Å²) in [5.74, 6) is 0. The van der Waals surface area contributed by atoms with Gasteiger partial charge in [0.2, 0.25) is 0 Å². The van der Waals surface area contributed by atoms with Crippen LogP contribution in [0.15, 0.2) is 0 Å². The van der Waals surface area contributed by atoms with Gasteiger partial charge in [0, 0.05) is 20.6 Å². The maximum atomic E-state index is 5.04. The molecule has 1 aliphatic heterocycles. The van der Waals surface area contributed by atoms with Crippen molar-refractivity contribution in [1.82, 2.24) is 0 Å². The SMILES string of the molecule is COC(CC[C@@H]1CO1)OC. The fourth-order valence-corrected chi connectivity index (χ4v) is 0.889. The fourth-order valence-electron chi connectivity index (χ4n) is 0.889. The van der Waals surface area contributed by atoms with Gasteiger partial charge in [0.15, 0.2) is 6.29 Å². The molecule has 0 aliphatic carbocycles. The number of hydrogen-bond acceptors (Lipinski definition) is 3. The Morgan fingerprint density at radius 2 is 2.10 bits per heavy atom. The van der Waals surface area contributed by atoms with Gasteiger partial charge < -0.3 is 14.2 Å². The molecule has 0 aromatic rings. The molecule has 3 heteroatoms. The summed E-state index contributed by atoms with van der Waals surface area (Å²) >= 11 is 0. The minimum atomic E-state index is -0.0517. The van der Waals surface area contributed by atoms with Crippen LogP contribution in [0, 0.1) is 0 Å². The molecule has 0 N–H and O–H groups in total. The zero-order chi connectivity index (χ0) is 7.40. The Bertz CT molecular complexity index is 86.9. The van der Waals surface area contributed by atoms with Crippen LogP contribution in [0.2, 0.25) is 0 Å². The van der Waals surface area contributed by atoms with E-state index in [-0.39, 0.29) is 6.29 Å². The largest absolute Gasteiger partial charge is 0.373 e. The Labute approximate surface area is 61.3 Å². The van der Waals surface area contributed by atoms with Gasteiger partial charge in [-0.15, -0.1) is 0 Å². The number of epoxide rings is 1. The topological polar surface area (TPSA) is 31.0 Å². The van der Waals surface area contributed by atoms with Gasteiger partial charge in [-0.25, -0.2) is 0 Å². The Balaban J connectivity index is 1.97. The molecule has 1 saturated heterocycles. The minimum absolute atomic E-state index is 0.0517. The van der Waals surface area contributed by atoms with Crippen molar-refractivity contribution in [3.05, 3.63) is 0 Å². The molecule has 0 radical (unpaired) electrons. The first-order valence-corrected chi connectivity index (χ1v) is 3.54.